The summed E-state index contributed by atoms with van der Waals surface area (Å²) in [5.41, 5.74) is 1.21. The van der Waals surface area contributed by atoms with Crippen molar-refractivity contribution in [2.24, 2.45) is 0 Å². The van der Waals surface area contributed by atoms with Crippen LogP contribution in [0.2, 0.25) is 0 Å². The summed E-state index contributed by atoms with van der Waals surface area (Å²) in [6.07, 6.45) is 2.57. The van der Waals surface area contributed by atoms with Gasteiger partial charge in [-0.05, 0) is 32.1 Å². The van der Waals surface area contributed by atoms with E-state index in [0.717, 1.165) is 13.1 Å². The lowest BCUT2D eigenvalue weighted by Crippen LogP contribution is -2.26. The molecule has 0 amide bonds. The van der Waals surface area contributed by atoms with Crippen LogP contribution in [-0.4, -0.2) is 31.6 Å². The Hall–Kier alpha value is -1.02. The van der Waals surface area contributed by atoms with Gasteiger partial charge in [-0.15, -0.1) is 0 Å². The molecule has 0 aliphatic rings. The van der Waals surface area contributed by atoms with Gasteiger partial charge in [0.25, 0.3) is 0 Å². The Labute approximate surface area is 93.3 Å². The van der Waals surface area contributed by atoms with Crippen LogP contribution in [0.3, 0.4) is 0 Å². The van der Waals surface area contributed by atoms with Crippen molar-refractivity contribution in [3.63, 3.8) is 0 Å². The number of hydrogen-bond acceptors (Lipinski definition) is 2. The molecule has 0 heterocycles. The molecule has 2 heteroatoms. The molecule has 0 bridgehead atoms. The first kappa shape index (κ1) is 12.1. The average molecular weight is 206 g/mol. The Morgan fingerprint density at radius 3 is 2.53 bits per heavy atom. The molecule has 1 rings (SSSR count). The van der Waals surface area contributed by atoms with Crippen LogP contribution in [0.4, 0.5) is 5.69 Å². The first-order valence-corrected chi connectivity index (χ1v) is 5.80. The van der Waals surface area contributed by atoms with Crippen molar-refractivity contribution in [2.75, 3.05) is 32.0 Å². The minimum absolute atomic E-state index is 1.02. The molecule has 0 aliphatic carbocycles. The molecule has 84 valence electrons. The summed E-state index contributed by atoms with van der Waals surface area (Å²) in [4.78, 5) is 2.37. The number of nitrogens with zero attached hydrogens (tertiary/aromatic N) is 1. The molecule has 0 unspecified atom stereocenters. The molecule has 0 fully saturated rings. The first-order chi connectivity index (χ1) is 7.33. The third-order valence-corrected chi connectivity index (χ3v) is 2.49. The molecule has 2 nitrogen and oxygen atoms in total. The van der Waals surface area contributed by atoms with Gasteiger partial charge >= 0.3 is 0 Å². The van der Waals surface area contributed by atoms with E-state index in [4.69, 9.17) is 0 Å². The minimum atomic E-state index is 1.02. The highest BCUT2D eigenvalue weighted by molar-refractivity contribution is 5.42. The van der Waals surface area contributed by atoms with Crippen LogP contribution in [0.25, 0.3) is 0 Å². The van der Waals surface area contributed by atoms with Crippen molar-refractivity contribution in [3.8, 4) is 0 Å². The Bertz CT molecular complexity index is 246. The van der Waals surface area contributed by atoms with E-state index in [9.17, 15) is 0 Å². The second kappa shape index (κ2) is 7.30. The van der Waals surface area contributed by atoms with Gasteiger partial charge in [-0.3, -0.25) is 0 Å². The second-order valence-electron chi connectivity index (χ2n) is 3.95. The molecular formula is C13H22N2. The van der Waals surface area contributed by atoms with E-state index in [1.54, 1.807) is 0 Å². The second-order valence-corrected chi connectivity index (χ2v) is 3.95. The van der Waals surface area contributed by atoms with Gasteiger partial charge < -0.3 is 10.2 Å². The van der Waals surface area contributed by atoms with Gasteiger partial charge in [0.2, 0.25) is 0 Å². The number of nitrogens with one attached hydrogen (secondary N) is 1. The van der Waals surface area contributed by atoms with E-state index < -0.39 is 0 Å². The Morgan fingerprint density at radius 1 is 1.13 bits per heavy atom. The highest BCUT2D eigenvalue weighted by atomic mass is 15.1. The molecule has 1 aromatic rings. The van der Waals surface area contributed by atoms with Crippen LogP contribution >= 0.6 is 0 Å². The molecule has 0 spiro atoms. The van der Waals surface area contributed by atoms with Gasteiger partial charge in [0.15, 0.2) is 0 Å². The normalized spacial score (nSPS) is 10.6. The van der Waals surface area contributed by atoms with Gasteiger partial charge in [-0.2, -0.15) is 0 Å². The number of hydrogen-bond donors (Lipinski definition) is 1. The zero-order valence-corrected chi connectivity index (χ0v) is 9.87. The molecule has 0 saturated heterocycles. The third-order valence-electron chi connectivity index (χ3n) is 2.49. The quantitative estimate of drug-likeness (QED) is 0.738. The van der Waals surface area contributed by atoms with Crippen molar-refractivity contribution in [1.29, 1.82) is 0 Å². The molecule has 1 N–H and O–H groups in total. The molecule has 1 aromatic carbocycles. The van der Waals surface area contributed by atoms with Gasteiger partial charge in [-0.25, -0.2) is 0 Å². The maximum atomic E-state index is 3.41. The van der Waals surface area contributed by atoms with E-state index in [-0.39, 0.29) is 0 Å². The summed E-state index contributed by atoms with van der Waals surface area (Å²) in [7, 11) is 2.18. The largest absolute Gasteiger partial charge is 0.384 e. The predicted molar refractivity (Wildman–Crippen MR) is 67.3 cm³/mol. The maximum Gasteiger partial charge on any atom is 0.0340 e. The van der Waals surface area contributed by atoms with Crippen molar-refractivity contribution < 1.29 is 0 Å². The fourth-order valence-electron chi connectivity index (χ4n) is 1.49. The number of anilines is 1. The summed E-state index contributed by atoms with van der Waals surface area (Å²) in [5.74, 6) is 0. The fourth-order valence-corrected chi connectivity index (χ4v) is 1.49. The zero-order chi connectivity index (χ0) is 10.9. The van der Waals surface area contributed by atoms with E-state index >= 15 is 0 Å². The lowest BCUT2D eigenvalue weighted by molar-refractivity contribution is 0.340. The fraction of sp³-hybridized carbons (Fsp3) is 0.538. The van der Waals surface area contributed by atoms with Gasteiger partial charge in [0, 0.05) is 18.8 Å². The average Bonchev–Trinajstić information content (AvgIpc) is 2.28. The van der Waals surface area contributed by atoms with Crippen LogP contribution in [0, 0.1) is 0 Å². The van der Waals surface area contributed by atoms with E-state index in [1.165, 1.54) is 25.1 Å². The highest BCUT2D eigenvalue weighted by Crippen LogP contribution is 2.03. The molecule has 15 heavy (non-hydrogen) atoms. The molecule has 0 radical (unpaired) electrons. The predicted octanol–water partition coefficient (Wildman–Crippen LogP) is 2.83. The number of para-hydroxylation sites is 1. The van der Waals surface area contributed by atoms with Gasteiger partial charge in [0.05, 0.1) is 0 Å². The molecular weight excluding hydrogens is 184 g/mol. The zero-order valence-electron chi connectivity index (χ0n) is 9.87. The van der Waals surface area contributed by atoms with Crippen molar-refractivity contribution in [2.45, 2.75) is 19.8 Å². The Kier molecular flexibility index (Phi) is 5.86. The number of benzene rings is 1. The molecule has 0 aliphatic heterocycles. The Morgan fingerprint density at radius 2 is 1.87 bits per heavy atom. The van der Waals surface area contributed by atoms with Crippen molar-refractivity contribution in [3.05, 3.63) is 30.3 Å². The van der Waals surface area contributed by atoms with E-state index in [2.05, 4.69) is 48.5 Å². The van der Waals surface area contributed by atoms with Crippen LogP contribution in [0.1, 0.15) is 19.8 Å². The first-order valence-electron chi connectivity index (χ1n) is 5.80. The topological polar surface area (TPSA) is 15.3 Å². The van der Waals surface area contributed by atoms with Crippen LogP contribution in [0.5, 0.6) is 0 Å². The summed E-state index contributed by atoms with van der Waals surface area (Å²) in [6.45, 7) is 5.56. The smallest absolute Gasteiger partial charge is 0.0340 e. The minimum Gasteiger partial charge on any atom is -0.384 e. The van der Waals surface area contributed by atoms with E-state index in [0.29, 0.717) is 0 Å². The van der Waals surface area contributed by atoms with Gasteiger partial charge in [0.1, 0.15) is 0 Å². The third kappa shape index (κ3) is 5.43. The molecule has 0 atom stereocenters. The van der Waals surface area contributed by atoms with Gasteiger partial charge in [-0.1, -0.05) is 31.5 Å². The Balaban J connectivity index is 2.11. The van der Waals surface area contributed by atoms with Crippen molar-refractivity contribution >= 4 is 5.69 Å². The lowest BCUT2D eigenvalue weighted by Gasteiger charge is -2.16. The molecule has 0 saturated carbocycles. The molecule has 0 aromatic heterocycles. The number of likely N-dealkylation sites (N-methyl/N-ethyl adjacent to an activating group) is 1. The summed E-state index contributed by atoms with van der Waals surface area (Å²) in [6, 6.07) is 10.4. The highest BCUT2D eigenvalue weighted by Gasteiger charge is 1.96. The standard InChI is InChI=1S/C13H22N2/c1-3-4-11-15(2)12-10-14-13-8-6-5-7-9-13/h5-9,14H,3-4,10-12H2,1-2H3. The monoisotopic (exact) mass is 206 g/mol. The maximum absolute atomic E-state index is 3.41. The van der Waals surface area contributed by atoms with Crippen LogP contribution < -0.4 is 5.32 Å². The number of unbranched alkanes of at least 4 members (excludes halogenated alkanes) is 1. The summed E-state index contributed by atoms with van der Waals surface area (Å²) >= 11 is 0. The van der Waals surface area contributed by atoms with Crippen LogP contribution in [0.15, 0.2) is 30.3 Å². The van der Waals surface area contributed by atoms with E-state index in [1.807, 2.05) is 6.07 Å². The summed E-state index contributed by atoms with van der Waals surface area (Å²) in [5, 5.41) is 3.41. The number of rotatable bonds is 7. The lowest BCUT2D eigenvalue weighted by atomic mass is 10.3. The summed E-state index contributed by atoms with van der Waals surface area (Å²) < 4.78 is 0. The van der Waals surface area contributed by atoms with Crippen molar-refractivity contribution in [1.82, 2.24) is 4.90 Å². The van der Waals surface area contributed by atoms with Crippen LogP contribution in [-0.2, 0) is 0 Å². The SMILES string of the molecule is CCCCN(C)CCNc1ccccc1.